The first kappa shape index (κ1) is 40.7. The number of nitrogens with one attached hydrogen (secondary N) is 1. The first-order valence-electron chi connectivity index (χ1n) is 15.7. The molecule has 3 unspecified atom stereocenters. The first-order chi connectivity index (χ1) is 20.9. The number of hydrogen-bond acceptors (Lipinski definition) is 6. The van der Waals surface area contributed by atoms with E-state index in [-0.39, 0.29) is 25.5 Å². The van der Waals surface area contributed by atoms with Crippen LogP contribution in [0.15, 0.2) is 85.1 Å². The predicted octanol–water partition coefficient (Wildman–Crippen LogP) is 7.54. The number of carbonyl (C=O) groups is 1. The second kappa shape index (κ2) is 29.7. The zero-order valence-corrected chi connectivity index (χ0v) is 27.3. The number of aliphatic hydroxyl groups is 1. The molecule has 9 heteroatoms. The molecule has 0 aromatic rings. The van der Waals surface area contributed by atoms with E-state index in [1.165, 1.54) is 0 Å². The molecule has 0 spiro atoms. The van der Waals surface area contributed by atoms with Crippen LogP contribution in [0.2, 0.25) is 0 Å². The van der Waals surface area contributed by atoms with Gasteiger partial charge >= 0.3 is 7.82 Å². The van der Waals surface area contributed by atoms with Crippen LogP contribution in [0.25, 0.3) is 0 Å². The molecule has 0 rings (SSSR count). The molecule has 0 aliphatic rings. The van der Waals surface area contributed by atoms with Crippen LogP contribution in [-0.4, -0.2) is 47.8 Å². The molecule has 43 heavy (non-hydrogen) atoms. The van der Waals surface area contributed by atoms with Gasteiger partial charge in [-0.2, -0.15) is 0 Å². The second-order valence-electron chi connectivity index (χ2n) is 9.90. The lowest BCUT2D eigenvalue weighted by Crippen LogP contribution is -2.45. The third-order valence-electron chi connectivity index (χ3n) is 5.93. The fraction of sp³-hybridized carbons (Fsp3) is 0.559. The fourth-order valence-electron chi connectivity index (χ4n) is 3.59. The van der Waals surface area contributed by atoms with E-state index in [9.17, 15) is 19.4 Å². The minimum atomic E-state index is -4.36. The Bertz CT molecular complexity index is 939. The summed E-state index contributed by atoms with van der Waals surface area (Å²) < 4.78 is 21.8. The number of rotatable bonds is 27. The van der Waals surface area contributed by atoms with Crippen molar-refractivity contribution in [2.24, 2.45) is 5.73 Å². The molecule has 0 fully saturated rings. The van der Waals surface area contributed by atoms with Crippen molar-refractivity contribution in [2.75, 3.05) is 19.8 Å². The van der Waals surface area contributed by atoms with E-state index >= 15 is 0 Å². The topological polar surface area (TPSA) is 131 Å². The van der Waals surface area contributed by atoms with Gasteiger partial charge in [0, 0.05) is 13.0 Å². The maximum absolute atomic E-state index is 12.6. The summed E-state index contributed by atoms with van der Waals surface area (Å²) in [4.78, 5) is 22.4. The molecule has 0 aliphatic heterocycles. The molecule has 244 valence electrons. The molecular formula is C34H57N2O6P. The minimum absolute atomic E-state index is 0.0563. The molecule has 8 nitrogen and oxygen atoms in total. The van der Waals surface area contributed by atoms with Gasteiger partial charge in [-0.25, -0.2) is 4.57 Å². The Labute approximate surface area is 260 Å². The Hall–Kier alpha value is -2.32. The van der Waals surface area contributed by atoms with Gasteiger partial charge in [-0.05, 0) is 64.2 Å². The van der Waals surface area contributed by atoms with Crippen molar-refractivity contribution in [1.82, 2.24) is 5.32 Å². The molecule has 0 heterocycles. The summed E-state index contributed by atoms with van der Waals surface area (Å²) in [7, 11) is -4.36. The van der Waals surface area contributed by atoms with Crippen LogP contribution in [0.5, 0.6) is 0 Å². The Balaban J connectivity index is 4.67. The number of nitrogens with two attached hydrogens (primary N) is 1. The number of unbranched alkanes of at least 4 members (excludes halogenated alkanes) is 3. The summed E-state index contributed by atoms with van der Waals surface area (Å²) in [6.45, 7) is 3.79. The highest BCUT2D eigenvalue weighted by atomic mass is 31.2. The summed E-state index contributed by atoms with van der Waals surface area (Å²) in [5.41, 5.74) is 5.32. The van der Waals surface area contributed by atoms with Crippen LogP contribution in [0.1, 0.15) is 90.9 Å². The van der Waals surface area contributed by atoms with Gasteiger partial charge in [0.1, 0.15) is 0 Å². The lowest BCUT2D eigenvalue weighted by Gasteiger charge is -2.23. The maximum Gasteiger partial charge on any atom is 0.472 e. The third kappa shape index (κ3) is 28.2. The van der Waals surface area contributed by atoms with E-state index in [1.54, 1.807) is 6.08 Å². The van der Waals surface area contributed by atoms with Crippen LogP contribution in [0, 0.1) is 0 Å². The Kier molecular flexibility index (Phi) is 28.1. The predicted molar refractivity (Wildman–Crippen MR) is 179 cm³/mol. The van der Waals surface area contributed by atoms with Crippen LogP contribution in [-0.2, 0) is 18.4 Å². The van der Waals surface area contributed by atoms with Gasteiger partial charge in [0.25, 0.3) is 0 Å². The van der Waals surface area contributed by atoms with Crippen LogP contribution >= 0.6 is 7.82 Å². The van der Waals surface area contributed by atoms with Crippen molar-refractivity contribution in [3.63, 3.8) is 0 Å². The van der Waals surface area contributed by atoms with E-state index in [1.807, 2.05) is 18.2 Å². The van der Waals surface area contributed by atoms with Gasteiger partial charge in [-0.15, -0.1) is 0 Å². The van der Waals surface area contributed by atoms with Crippen molar-refractivity contribution in [3.8, 4) is 0 Å². The quantitative estimate of drug-likeness (QED) is 0.0424. The molecular weight excluding hydrogens is 563 g/mol. The number of phosphoric acid groups is 1. The van der Waals surface area contributed by atoms with Gasteiger partial charge in [-0.1, -0.05) is 105 Å². The van der Waals surface area contributed by atoms with Crippen molar-refractivity contribution in [1.29, 1.82) is 0 Å². The first-order valence-corrected chi connectivity index (χ1v) is 17.2. The molecule has 0 aromatic carbocycles. The van der Waals surface area contributed by atoms with E-state index in [0.29, 0.717) is 12.8 Å². The fourth-order valence-corrected chi connectivity index (χ4v) is 4.35. The minimum Gasteiger partial charge on any atom is -0.387 e. The van der Waals surface area contributed by atoms with E-state index in [4.69, 9.17) is 14.8 Å². The average molecular weight is 621 g/mol. The van der Waals surface area contributed by atoms with Crippen molar-refractivity contribution in [2.45, 2.75) is 103 Å². The second-order valence-corrected chi connectivity index (χ2v) is 11.4. The summed E-state index contributed by atoms with van der Waals surface area (Å²) >= 11 is 0. The van der Waals surface area contributed by atoms with E-state index in [2.05, 4.69) is 79.9 Å². The highest BCUT2D eigenvalue weighted by Gasteiger charge is 2.26. The molecule has 0 saturated heterocycles. The third-order valence-corrected chi connectivity index (χ3v) is 6.91. The summed E-state index contributed by atoms with van der Waals surface area (Å²) in [6.07, 6.45) is 38.0. The molecule has 0 bridgehead atoms. The molecule has 0 aliphatic carbocycles. The largest absolute Gasteiger partial charge is 0.472 e. The average Bonchev–Trinajstić information content (AvgIpc) is 2.99. The highest BCUT2D eigenvalue weighted by molar-refractivity contribution is 7.47. The number of amides is 1. The van der Waals surface area contributed by atoms with Crippen LogP contribution < -0.4 is 11.1 Å². The van der Waals surface area contributed by atoms with Gasteiger partial charge in [-0.3, -0.25) is 13.8 Å². The van der Waals surface area contributed by atoms with Crippen molar-refractivity contribution >= 4 is 13.7 Å². The molecule has 5 N–H and O–H groups in total. The molecule has 3 atom stereocenters. The summed E-state index contributed by atoms with van der Waals surface area (Å²) in [6, 6.07) is -0.923. The Morgan fingerprint density at radius 2 is 1.28 bits per heavy atom. The lowest BCUT2D eigenvalue weighted by atomic mass is 10.1. The van der Waals surface area contributed by atoms with Gasteiger partial charge in [0.2, 0.25) is 5.91 Å². The van der Waals surface area contributed by atoms with Crippen LogP contribution in [0.4, 0.5) is 0 Å². The monoisotopic (exact) mass is 620 g/mol. The number of hydrogen-bond donors (Lipinski definition) is 4. The van der Waals surface area contributed by atoms with Crippen LogP contribution in [0.3, 0.4) is 0 Å². The zero-order chi connectivity index (χ0) is 31.9. The summed E-state index contributed by atoms with van der Waals surface area (Å²) in [5.74, 6) is -0.296. The Morgan fingerprint density at radius 3 is 1.84 bits per heavy atom. The SMILES string of the molecule is CC/C=C\C/C=C\C/C=C\C/C=C\CCC(=O)NC(COP(=O)(O)OCCN)C(O)/C=C/CC/C=C/CC/C=C/CCC. The maximum atomic E-state index is 12.6. The van der Waals surface area contributed by atoms with Crippen molar-refractivity contribution < 1.29 is 28.4 Å². The van der Waals surface area contributed by atoms with E-state index < -0.39 is 26.6 Å². The molecule has 1 amide bonds. The number of allylic oxidation sites excluding steroid dienone is 13. The lowest BCUT2D eigenvalue weighted by molar-refractivity contribution is -0.122. The molecule has 0 saturated carbocycles. The van der Waals surface area contributed by atoms with Gasteiger partial charge < -0.3 is 21.1 Å². The van der Waals surface area contributed by atoms with Crippen molar-refractivity contribution in [3.05, 3.63) is 85.1 Å². The standard InChI is InChI=1S/C34H57N2O6P/c1-3-5-7-9-11-13-15-16-18-20-22-24-26-28-34(38)36-32(31-42-43(39,40)41-30-29-35)33(37)27-25-23-21-19-17-14-12-10-8-6-4-2/h5,7-8,10-11,13,16-19,22,24-25,27,32-33,37H,3-4,6,9,12,14-15,20-21,23,26,28-31,35H2,1-2H3,(H,36,38)(H,39,40)/b7-5-,10-8+,13-11-,18-16-,19-17+,24-22-,27-25+. The van der Waals surface area contributed by atoms with Gasteiger partial charge in [0.15, 0.2) is 0 Å². The summed E-state index contributed by atoms with van der Waals surface area (Å²) in [5, 5.41) is 13.4. The smallest absolute Gasteiger partial charge is 0.387 e. The highest BCUT2D eigenvalue weighted by Crippen LogP contribution is 2.43. The normalized spacial score (nSPS) is 15.7. The molecule has 0 radical (unpaired) electrons. The number of phosphoric ester groups is 1. The molecule has 0 aromatic heterocycles. The zero-order valence-electron chi connectivity index (χ0n) is 26.4. The van der Waals surface area contributed by atoms with E-state index in [0.717, 1.165) is 57.8 Å². The number of aliphatic hydroxyl groups excluding tert-OH is 1. The van der Waals surface area contributed by atoms with Gasteiger partial charge in [0.05, 0.1) is 25.4 Å². The number of carbonyl (C=O) groups excluding carboxylic acids is 1. The Morgan fingerprint density at radius 1 is 0.767 bits per heavy atom.